The van der Waals surface area contributed by atoms with Crippen molar-refractivity contribution in [3.63, 3.8) is 0 Å². The lowest BCUT2D eigenvalue weighted by Gasteiger charge is -2.36. The monoisotopic (exact) mass is 349 g/mol. The molecule has 6 heteroatoms. The number of hydrogen-bond donors (Lipinski definition) is 2. The van der Waals surface area contributed by atoms with Crippen molar-refractivity contribution in [2.24, 2.45) is 0 Å². The number of nitrogens with zero attached hydrogens (tertiary/aromatic N) is 3. The summed E-state index contributed by atoms with van der Waals surface area (Å²) in [6.45, 7) is 5.91. The van der Waals surface area contributed by atoms with E-state index in [1.807, 2.05) is 47.6 Å². The summed E-state index contributed by atoms with van der Waals surface area (Å²) in [4.78, 5) is 24.7. The number of carbonyl (C=O) groups is 1. The Morgan fingerprint density at radius 1 is 1.19 bits per heavy atom. The van der Waals surface area contributed by atoms with E-state index in [1.165, 1.54) is 0 Å². The molecule has 1 fully saturated rings. The Labute approximate surface area is 152 Å². The van der Waals surface area contributed by atoms with Gasteiger partial charge in [0.2, 0.25) is 0 Å². The Morgan fingerprint density at radius 2 is 2.04 bits per heavy atom. The van der Waals surface area contributed by atoms with Crippen LogP contribution in [0.15, 0.2) is 48.8 Å². The highest BCUT2D eigenvalue weighted by Crippen LogP contribution is 2.24. The summed E-state index contributed by atoms with van der Waals surface area (Å²) in [5.41, 5.74) is 2.85. The van der Waals surface area contributed by atoms with Crippen LogP contribution in [0.4, 0.5) is 11.5 Å². The third kappa shape index (κ3) is 3.10. The molecule has 3 aromatic rings. The summed E-state index contributed by atoms with van der Waals surface area (Å²) in [5, 5.41) is 4.43. The molecule has 0 bridgehead atoms. The van der Waals surface area contributed by atoms with Gasteiger partial charge in [-0.3, -0.25) is 4.79 Å². The minimum Gasteiger partial charge on any atom is -0.382 e. The molecule has 4 rings (SSSR count). The average Bonchev–Trinajstić information content (AvgIpc) is 3.16. The predicted molar refractivity (Wildman–Crippen MR) is 105 cm³/mol. The summed E-state index contributed by atoms with van der Waals surface area (Å²) in [7, 11) is 0. The van der Waals surface area contributed by atoms with Crippen LogP contribution >= 0.6 is 0 Å². The van der Waals surface area contributed by atoms with Gasteiger partial charge < -0.3 is 20.1 Å². The second kappa shape index (κ2) is 7.07. The number of rotatable bonds is 4. The maximum Gasteiger partial charge on any atom is 0.253 e. The van der Waals surface area contributed by atoms with Gasteiger partial charge in [0, 0.05) is 61.6 Å². The molecule has 6 nitrogen and oxygen atoms in total. The maximum atomic E-state index is 12.8. The van der Waals surface area contributed by atoms with Crippen LogP contribution in [0.3, 0.4) is 0 Å². The average molecular weight is 349 g/mol. The highest BCUT2D eigenvalue weighted by Gasteiger charge is 2.24. The highest BCUT2D eigenvalue weighted by molar-refractivity contribution is 5.98. The fourth-order valence-corrected chi connectivity index (χ4v) is 3.47. The van der Waals surface area contributed by atoms with Crippen LogP contribution in [0, 0.1) is 0 Å². The predicted octanol–water partition coefficient (Wildman–Crippen LogP) is 2.96. The first-order valence-electron chi connectivity index (χ1n) is 9.06. The molecule has 0 saturated carbocycles. The molecule has 1 aromatic carbocycles. The summed E-state index contributed by atoms with van der Waals surface area (Å²) in [6.07, 6.45) is 3.71. The molecule has 134 valence electrons. The molecule has 1 amide bonds. The molecule has 0 atom stereocenters. The topological polar surface area (TPSA) is 64.3 Å². The van der Waals surface area contributed by atoms with Crippen molar-refractivity contribution < 1.29 is 4.79 Å². The molecule has 1 aliphatic heterocycles. The Hall–Kier alpha value is -3.02. The molecule has 3 heterocycles. The van der Waals surface area contributed by atoms with Crippen molar-refractivity contribution in [2.75, 3.05) is 42.9 Å². The first-order chi connectivity index (χ1) is 12.8. The van der Waals surface area contributed by atoms with Crippen LogP contribution in [0.1, 0.15) is 17.3 Å². The van der Waals surface area contributed by atoms with Crippen molar-refractivity contribution in [1.29, 1.82) is 0 Å². The largest absolute Gasteiger partial charge is 0.382 e. The number of aromatic nitrogens is 2. The number of pyridine rings is 1. The molecule has 26 heavy (non-hydrogen) atoms. The molecular formula is C20H23N5O. The van der Waals surface area contributed by atoms with E-state index in [0.717, 1.165) is 47.6 Å². The van der Waals surface area contributed by atoms with E-state index in [2.05, 4.69) is 33.2 Å². The van der Waals surface area contributed by atoms with Crippen LogP contribution in [-0.2, 0) is 0 Å². The van der Waals surface area contributed by atoms with E-state index < -0.39 is 0 Å². The number of amides is 1. The SMILES string of the molecule is CCNc1cccnc1N1CCN(C(=O)c2ccc3[nH]ccc3c2)CC1. The fourth-order valence-electron chi connectivity index (χ4n) is 3.47. The van der Waals surface area contributed by atoms with Gasteiger partial charge in [-0.2, -0.15) is 0 Å². The number of anilines is 2. The number of nitrogens with one attached hydrogen (secondary N) is 2. The minimum atomic E-state index is 0.0978. The smallest absolute Gasteiger partial charge is 0.253 e. The lowest BCUT2D eigenvalue weighted by molar-refractivity contribution is 0.0747. The van der Waals surface area contributed by atoms with Crippen LogP contribution in [0.2, 0.25) is 0 Å². The lowest BCUT2D eigenvalue weighted by Crippen LogP contribution is -2.49. The zero-order valence-corrected chi connectivity index (χ0v) is 14.9. The third-order valence-corrected chi connectivity index (χ3v) is 4.82. The Bertz CT molecular complexity index is 911. The van der Waals surface area contributed by atoms with Gasteiger partial charge in [-0.05, 0) is 43.3 Å². The van der Waals surface area contributed by atoms with Gasteiger partial charge in [0.05, 0.1) is 5.69 Å². The molecule has 2 aromatic heterocycles. The van der Waals surface area contributed by atoms with Gasteiger partial charge in [-0.25, -0.2) is 4.98 Å². The highest BCUT2D eigenvalue weighted by atomic mass is 16.2. The molecule has 0 unspecified atom stereocenters. The number of aromatic amines is 1. The Morgan fingerprint density at radius 3 is 2.85 bits per heavy atom. The summed E-state index contributed by atoms with van der Waals surface area (Å²) >= 11 is 0. The normalized spacial score (nSPS) is 14.7. The van der Waals surface area contributed by atoms with Gasteiger partial charge in [-0.1, -0.05) is 0 Å². The van der Waals surface area contributed by atoms with E-state index in [4.69, 9.17) is 0 Å². The minimum absolute atomic E-state index is 0.0978. The van der Waals surface area contributed by atoms with E-state index in [0.29, 0.717) is 13.1 Å². The van der Waals surface area contributed by atoms with Crippen molar-refractivity contribution >= 4 is 28.3 Å². The summed E-state index contributed by atoms with van der Waals surface area (Å²) in [5.74, 6) is 1.07. The molecule has 2 N–H and O–H groups in total. The van der Waals surface area contributed by atoms with Gasteiger partial charge in [0.15, 0.2) is 5.82 Å². The van der Waals surface area contributed by atoms with Crippen molar-refractivity contribution in [1.82, 2.24) is 14.9 Å². The maximum absolute atomic E-state index is 12.8. The van der Waals surface area contributed by atoms with E-state index in [9.17, 15) is 4.79 Å². The van der Waals surface area contributed by atoms with Gasteiger partial charge in [0.25, 0.3) is 5.91 Å². The standard InChI is InChI=1S/C20H23N5O/c1-2-21-18-4-3-8-23-19(18)24-10-12-25(13-11-24)20(26)16-5-6-17-15(14-16)7-9-22-17/h3-9,14,21-22H,2,10-13H2,1H3. The molecule has 1 aliphatic rings. The van der Waals surface area contributed by atoms with Gasteiger partial charge in [0.1, 0.15) is 0 Å². The first kappa shape index (κ1) is 16.4. The molecule has 0 radical (unpaired) electrons. The molecule has 1 saturated heterocycles. The summed E-state index contributed by atoms with van der Waals surface area (Å²) in [6, 6.07) is 11.8. The first-order valence-corrected chi connectivity index (χ1v) is 9.06. The second-order valence-electron chi connectivity index (χ2n) is 6.46. The third-order valence-electron chi connectivity index (χ3n) is 4.82. The Balaban J connectivity index is 1.45. The second-order valence-corrected chi connectivity index (χ2v) is 6.46. The zero-order chi connectivity index (χ0) is 17.9. The zero-order valence-electron chi connectivity index (χ0n) is 14.9. The van der Waals surface area contributed by atoms with E-state index in [-0.39, 0.29) is 5.91 Å². The number of benzene rings is 1. The van der Waals surface area contributed by atoms with Crippen molar-refractivity contribution in [2.45, 2.75) is 6.92 Å². The number of fused-ring (bicyclic) bond motifs is 1. The lowest BCUT2D eigenvalue weighted by atomic mass is 10.1. The van der Waals surface area contributed by atoms with Crippen molar-refractivity contribution in [3.8, 4) is 0 Å². The molecular weight excluding hydrogens is 326 g/mol. The fraction of sp³-hybridized carbons (Fsp3) is 0.300. The van der Waals surface area contributed by atoms with E-state index >= 15 is 0 Å². The van der Waals surface area contributed by atoms with Crippen LogP contribution < -0.4 is 10.2 Å². The van der Waals surface area contributed by atoms with Crippen LogP contribution in [-0.4, -0.2) is 53.5 Å². The number of hydrogen-bond acceptors (Lipinski definition) is 4. The quantitative estimate of drug-likeness (QED) is 0.760. The van der Waals surface area contributed by atoms with Gasteiger partial charge >= 0.3 is 0 Å². The molecule has 0 spiro atoms. The van der Waals surface area contributed by atoms with E-state index in [1.54, 1.807) is 0 Å². The van der Waals surface area contributed by atoms with Crippen molar-refractivity contribution in [3.05, 3.63) is 54.4 Å². The van der Waals surface area contributed by atoms with Crippen LogP contribution in [0.5, 0.6) is 0 Å². The summed E-state index contributed by atoms with van der Waals surface area (Å²) < 4.78 is 0. The van der Waals surface area contributed by atoms with Crippen LogP contribution in [0.25, 0.3) is 10.9 Å². The van der Waals surface area contributed by atoms with Gasteiger partial charge in [-0.15, -0.1) is 0 Å². The molecule has 0 aliphatic carbocycles. The number of carbonyl (C=O) groups excluding carboxylic acids is 1. The Kier molecular flexibility index (Phi) is 4.48. The number of piperazine rings is 1. The number of H-pyrrole nitrogens is 1.